The standard InChI is InChI=1S/C15H18BrN3O/c1-11(2)7-17-8-12-9-18-15(19-10-12)20-14-5-3-13(16)4-6-14/h3-6,9-11,17H,7-8H2,1-2H3. The van der Waals surface area contributed by atoms with Crippen LogP contribution in [0.5, 0.6) is 11.8 Å². The van der Waals surface area contributed by atoms with E-state index in [1.54, 1.807) is 12.4 Å². The van der Waals surface area contributed by atoms with Gasteiger partial charge in [0.05, 0.1) is 0 Å². The number of nitrogens with one attached hydrogen (secondary N) is 1. The van der Waals surface area contributed by atoms with E-state index in [4.69, 9.17) is 4.74 Å². The zero-order valence-corrected chi connectivity index (χ0v) is 13.2. The lowest BCUT2D eigenvalue weighted by atomic mass is 10.2. The first kappa shape index (κ1) is 14.9. The first-order valence-electron chi connectivity index (χ1n) is 6.58. The third kappa shape index (κ3) is 4.90. The van der Waals surface area contributed by atoms with Crippen LogP contribution >= 0.6 is 15.9 Å². The van der Waals surface area contributed by atoms with Crippen LogP contribution in [-0.2, 0) is 6.54 Å². The molecule has 0 bridgehead atoms. The minimum absolute atomic E-state index is 0.361. The van der Waals surface area contributed by atoms with Gasteiger partial charge in [-0.25, -0.2) is 9.97 Å². The molecule has 1 heterocycles. The van der Waals surface area contributed by atoms with Gasteiger partial charge in [0.1, 0.15) is 5.75 Å². The van der Waals surface area contributed by atoms with Crippen molar-refractivity contribution < 1.29 is 4.74 Å². The van der Waals surface area contributed by atoms with Crippen LogP contribution in [0.1, 0.15) is 19.4 Å². The van der Waals surface area contributed by atoms with Crippen molar-refractivity contribution in [2.24, 2.45) is 5.92 Å². The molecule has 20 heavy (non-hydrogen) atoms. The summed E-state index contributed by atoms with van der Waals surface area (Å²) in [6, 6.07) is 7.93. The molecule has 0 amide bonds. The molecular weight excluding hydrogens is 318 g/mol. The number of benzene rings is 1. The van der Waals surface area contributed by atoms with Crippen LogP contribution in [0, 0.1) is 5.92 Å². The van der Waals surface area contributed by atoms with E-state index in [-0.39, 0.29) is 0 Å². The molecule has 0 saturated carbocycles. The summed E-state index contributed by atoms with van der Waals surface area (Å²) < 4.78 is 6.58. The van der Waals surface area contributed by atoms with Crippen LogP contribution < -0.4 is 10.1 Å². The molecule has 2 rings (SSSR count). The highest BCUT2D eigenvalue weighted by Crippen LogP contribution is 2.20. The van der Waals surface area contributed by atoms with E-state index in [2.05, 4.69) is 45.1 Å². The molecule has 0 spiro atoms. The van der Waals surface area contributed by atoms with Crippen molar-refractivity contribution in [1.29, 1.82) is 0 Å². The largest absolute Gasteiger partial charge is 0.424 e. The van der Waals surface area contributed by atoms with Crippen molar-refractivity contribution in [3.05, 3.63) is 46.7 Å². The first-order valence-corrected chi connectivity index (χ1v) is 7.38. The van der Waals surface area contributed by atoms with Gasteiger partial charge in [-0.2, -0.15) is 0 Å². The molecule has 0 aliphatic carbocycles. The summed E-state index contributed by atoms with van der Waals surface area (Å²) >= 11 is 3.38. The van der Waals surface area contributed by atoms with Gasteiger partial charge in [0.25, 0.3) is 0 Å². The highest BCUT2D eigenvalue weighted by atomic mass is 79.9. The maximum atomic E-state index is 5.57. The summed E-state index contributed by atoms with van der Waals surface area (Å²) in [5.41, 5.74) is 1.05. The average Bonchev–Trinajstić information content (AvgIpc) is 2.43. The van der Waals surface area contributed by atoms with E-state index >= 15 is 0 Å². The van der Waals surface area contributed by atoms with Crippen LogP contribution in [0.4, 0.5) is 0 Å². The minimum atomic E-state index is 0.361. The lowest BCUT2D eigenvalue weighted by Crippen LogP contribution is -2.19. The van der Waals surface area contributed by atoms with Crippen LogP contribution in [-0.4, -0.2) is 16.5 Å². The Kier molecular flexibility index (Phi) is 5.49. The summed E-state index contributed by atoms with van der Waals surface area (Å²) in [6.07, 6.45) is 3.57. The van der Waals surface area contributed by atoms with Crippen molar-refractivity contribution >= 4 is 15.9 Å². The van der Waals surface area contributed by atoms with Crippen molar-refractivity contribution in [3.63, 3.8) is 0 Å². The van der Waals surface area contributed by atoms with Crippen LogP contribution in [0.2, 0.25) is 0 Å². The molecule has 1 aromatic carbocycles. The van der Waals surface area contributed by atoms with Gasteiger partial charge in [0.15, 0.2) is 0 Å². The molecule has 0 aliphatic heterocycles. The predicted octanol–water partition coefficient (Wildman–Crippen LogP) is 3.78. The van der Waals surface area contributed by atoms with E-state index in [0.29, 0.717) is 11.9 Å². The summed E-state index contributed by atoms with van der Waals surface area (Å²) in [5, 5.41) is 3.35. The molecule has 2 aromatic rings. The van der Waals surface area contributed by atoms with Gasteiger partial charge in [0, 0.05) is 29.0 Å². The number of rotatable bonds is 6. The lowest BCUT2D eigenvalue weighted by Gasteiger charge is -2.07. The van der Waals surface area contributed by atoms with E-state index in [9.17, 15) is 0 Å². The maximum Gasteiger partial charge on any atom is 0.321 e. The Morgan fingerprint density at radius 2 is 1.80 bits per heavy atom. The number of aromatic nitrogens is 2. The average molecular weight is 336 g/mol. The molecule has 1 aromatic heterocycles. The van der Waals surface area contributed by atoms with Crippen LogP contribution in [0.15, 0.2) is 41.1 Å². The van der Waals surface area contributed by atoms with Gasteiger partial charge >= 0.3 is 6.01 Å². The summed E-state index contributed by atoms with van der Waals surface area (Å²) in [4.78, 5) is 8.42. The Morgan fingerprint density at radius 3 is 2.40 bits per heavy atom. The maximum absolute atomic E-state index is 5.57. The topological polar surface area (TPSA) is 47.0 Å². The Bertz CT molecular complexity index is 526. The fraction of sp³-hybridized carbons (Fsp3) is 0.333. The molecule has 1 N–H and O–H groups in total. The summed E-state index contributed by atoms with van der Waals surface area (Å²) in [5.74, 6) is 1.36. The van der Waals surface area contributed by atoms with Crippen LogP contribution in [0.25, 0.3) is 0 Å². The molecular formula is C15H18BrN3O. The van der Waals surface area contributed by atoms with E-state index < -0.39 is 0 Å². The van der Waals surface area contributed by atoms with E-state index in [1.165, 1.54) is 0 Å². The van der Waals surface area contributed by atoms with Gasteiger partial charge in [-0.15, -0.1) is 0 Å². The van der Waals surface area contributed by atoms with Crippen molar-refractivity contribution in [1.82, 2.24) is 15.3 Å². The molecule has 0 unspecified atom stereocenters. The van der Waals surface area contributed by atoms with Crippen molar-refractivity contribution in [3.8, 4) is 11.8 Å². The zero-order chi connectivity index (χ0) is 14.4. The molecule has 0 saturated heterocycles. The Labute approximate surface area is 127 Å². The summed E-state index contributed by atoms with van der Waals surface area (Å²) in [6.45, 7) is 6.12. The number of ether oxygens (including phenoxy) is 1. The Balaban J connectivity index is 1.89. The highest BCUT2D eigenvalue weighted by Gasteiger charge is 2.01. The zero-order valence-electron chi connectivity index (χ0n) is 11.6. The molecule has 5 heteroatoms. The van der Waals surface area contributed by atoms with Gasteiger partial charge in [-0.1, -0.05) is 29.8 Å². The summed E-state index contributed by atoms with van der Waals surface area (Å²) in [7, 11) is 0. The third-order valence-electron chi connectivity index (χ3n) is 2.59. The monoisotopic (exact) mass is 335 g/mol. The normalized spacial score (nSPS) is 10.8. The van der Waals surface area contributed by atoms with Crippen molar-refractivity contribution in [2.75, 3.05) is 6.54 Å². The van der Waals surface area contributed by atoms with Crippen molar-refractivity contribution in [2.45, 2.75) is 20.4 Å². The lowest BCUT2D eigenvalue weighted by molar-refractivity contribution is 0.440. The van der Waals surface area contributed by atoms with Gasteiger partial charge in [0.2, 0.25) is 0 Å². The second kappa shape index (κ2) is 7.36. The quantitative estimate of drug-likeness (QED) is 0.872. The fourth-order valence-electron chi connectivity index (χ4n) is 1.60. The van der Waals surface area contributed by atoms with Gasteiger partial charge in [-0.05, 0) is 36.7 Å². The highest BCUT2D eigenvalue weighted by molar-refractivity contribution is 9.10. The molecule has 0 radical (unpaired) electrons. The number of nitrogens with zero attached hydrogens (tertiary/aromatic N) is 2. The predicted molar refractivity (Wildman–Crippen MR) is 82.8 cm³/mol. The second-order valence-electron chi connectivity index (χ2n) is 4.95. The minimum Gasteiger partial charge on any atom is -0.424 e. The molecule has 0 atom stereocenters. The number of hydrogen-bond donors (Lipinski definition) is 1. The van der Waals surface area contributed by atoms with E-state index in [0.717, 1.165) is 28.9 Å². The SMILES string of the molecule is CC(C)CNCc1cnc(Oc2ccc(Br)cc2)nc1. The van der Waals surface area contributed by atoms with E-state index in [1.807, 2.05) is 24.3 Å². The number of halogens is 1. The fourth-order valence-corrected chi connectivity index (χ4v) is 1.86. The molecule has 0 fully saturated rings. The van der Waals surface area contributed by atoms with Gasteiger partial charge in [-0.3, -0.25) is 0 Å². The second-order valence-corrected chi connectivity index (χ2v) is 5.87. The first-order chi connectivity index (χ1) is 9.63. The van der Waals surface area contributed by atoms with Crippen LogP contribution in [0.3, 0.4) is 0 Å². The molecule has 0 aliphatic rings. The smallest absolute Gasteiger partial charge is 0.321 e. The Morgan fingerprint density at radius 1 is 1.15 bits per heavy atom. The molecule has 106 valence electrons. The van der Waals surface area contributed by atoms with Gasteiger partial charge < -0.3 is 10.1 Å². The number of hydrogen-bond acceptors (Lipinski definition) is 4. The molecule has 4 nitrogen and oxygen atoms in total. The third-order valence-corrected chi connectivity index (χ3v) is 3.11. The Hall–Kier alpha value is -1.46.